The highest BCUT2D eigenvalue weighted by Crippen LogP contribution is 2.19. The molecule has 2 unspecified atom stereocenters. The highest BCUT2D eigenvalue weighted by molar-refractivity contribution is 5.74. The summed E-state index contributed by atoms with van der Waals surface area (Å²) in [5, 5.41) is 9.90. The Labute approximate surface area is 169 Å². The third kappa shape index (κ3) is 5.39. The van der Waals surface area contributed by atoms with Gasteiger partial charge in [0, 0.05) is 6.54 Å². The normalized spacial score (nSPS) is 13.1. The molecule has 0 radical (unpaired) electrons. The first-order chi connectivity index (χ1) is 13.9. The van der Waals surface area contributed by atoms with Gasteiger partial charge in [0.15, 0.2) is 0 Å². The molecule has 3 aromatic rings. The van der Waals surface area contributed by atoms with E-state index in [9.17, 15) is 9.18 Å². The lowest BCUT2D eigenvalue weighted by Gasteiger charge is -2.25. The first-order valence-electron chi connectivity index (χ1n) is 9.35. The second kappa shape index (κ2) is 9.29. The molecule has 0 aliphatic heterocycles. The smallest absolute Gasteiger partial charge is 0.315 e. The molecule has 8 heteroatoms. The van der Waals surface area contributed by atoms with Crippen LogP contribution >= 0.6 is 0 Å². The molecule has 7 nitrogen and oxygen atoms in total. The highest BCUT2D eigenvalue weighted by atomic mass is 19.1. The molecule has 0 spiro atoms. The molecule has 0 bridgehead atoms. The fraction of sp³-hybridized carbons (Fsp3) is 0.286. The summed E-state index contributed by atoms with van der Waals surface area (Å²) in [6, 6.07) is 13.6. The Hall–Kier alpha value is -3.26. The minimum Gasteiger partial charge on any atom is -0.336 e. The predicted octanol–water partition coefficient (Wildman–Crippen LogP) is 3.07. The Kier molecular flexibility index (Phi) is 6.56. The fourth-order valence-corrected chi connectivity index (χ4v) is 3.09. The second-order valence-electron chi connectivity index (χ2n) is 7.04. The van der Waals surface area contributed by atoms with Gasteiger partial charge in [-0.25, -0.2) is 18.9 Å². The zero-order valence-corrected chi connectivity index (χ0v) is 16.7. The number of rotatable bonds is 7. The van der Waals surface area contributed by atoms with E-state index in [1.807, 2.05) is 56.3 Å². The van der Waals surface area contributed by atoms with Crippen molar-refractivity contribution in [2.45, 2.75) is 19.0 Å². The van der Waals surface area contributed by atoms with Crippen LogP contribution in [0.3, 0.4) is 0 Å². The molecule has 2 amide bonds. The molecule has 29 heavy (non-hydrogen) atoms. The number of carbonyl (C=O) groups excluding carboxylic acids is 1. The quantitative estimate of drug-likeness (QED) is 0.644. The first-order valence-corrected chi connectivity index (χ1v) is 9.35. The minimum atomic E-state index is -0.290. The third-order valence-corrected chi connectivity index (χ3v) is 4.74. The number of urea groups is 1. The molecule has 3 rings (SSSR count). The zero-order chi connectivity index (χ0) is 20.8. The number of aromatic nitrogens is 3. The van der Waals surface area contributed by atoms with Crippen LogP contribution in [-0.4, -0.2) is 46.3 Å². The monoisotopic (exact) mass is 396 g/mol. The van der Waals surface area contributed by atoms with Crippen LogP contribution in [0.4, 0.5) is 9.18 Å². The SMILES string of the molecule is CC(NC(=O)NCC(c1cccc(F)c1)N(C)C)c1ccc(-n2cncn2)cc1. The van der Waals surface area contributed by atoms with Gasteiger partial charge in [0.2, 0.25) is 0 Å². The van der Waals surface area contributed by atoms with Crippen LogP contribution in [0, 0.1) is 5.82 Å². The Balaban J connectivity index is 1.56. The number of carbonyl (C=O) groups is 1. The molecule has 0 aliphatic carbocycles. The van der Waals surface area contributed by atoms with E-state index in [4.69, 9.17) is 0 Å². The van der Waals surface area contributed by atoms with Crippen LogP contribution < -0.4 is 10.6 Å². The summed E-state index contributed by atoms with van der Waals surface area (Å²) in [7, 11) is 3.79. The topological polar surface area (TPSA) is 75.1 Å². The van der Waals surface area contributed by atoms with E-state index in [1.165, 1.54) is 18.5 Å². The van der Waals surface area contributed by atoms with Crippen molar-refractivity contribution in [2.24, 2.45) is 0 Å². The maximum atomic E-state index is 13.5. The summed E-state index contributed by atoms with van der Waals surface area (Å²) >= 11 is 0. The first kappa shape index (κ1) is 20.5. The van der Waals surface area contributed by atoms with E-state index in [-0.39, 0.29) is 23.9 Å². The predicted molar refractivity (Wildman–Crippen MR) is 109 cm³/mol. The van der Waals surface area contributed by atoms with Crippen LogP contribution in [0.5, 0.6) is 0 Å². The Morgan fingerprint density at radius 3 is 2.55 bits per heavy atom. The van der Waals surface area contributed by atoms with E-state index < -0.39 is 0 Å². The van der Waals surface area contributed by atoms with E-state index >= 15 is 0 Å². The van der Waals surface area contributed by atoms with Crippen molar-refractivity contribution in [1.82, 2.24) is 30.3 Å². The number of hydrogen-bond acceptors (Lipinski definition) is 4. The van der Waals surface area contributed by atoms with Crippen LogP contribution in [0.25, 0.3) is 5.69 Å². The van der Waals surface area contributed by atoms with Gasteiger partial charge in [-0.1, -0.05) is 24.3 Å². The van der Waals surface area contributed by atoms with Gasteiger partial charge in [0.05, 0.1) is 17.8 Å². The van der Waals surface area contributed by atoms with E-state index in [2.05, 4.69) is 20.7 Å². The zero-order valence-electron chi connectivity index (χ0n) is 16.7. The molecule has 0 aliphatic rings. The van der Waals surface area contributed by atoms with Gasteiger partial charge >= 0.3 is 6.03 Å². The van der Waals surface area contributed by atoms with E-state index in [0.29, 0.717) is 6.54 Å². The molecule has 1 heterocycles. The third-order valence-electron chi connectivity index (χ3n) is 4.74. The van der Waals surface area contributed by atoms with Crippen molar-refractivity contribution in [2.75, 3.05) is 20.6 Å². The molecule has 0 saturated heterocycles. The number of amides is 2. The van der Waals surface area contributed by atoms with Crippen molar-refractivity contribution >= 4 is 6.03 Å². The Morgan fingerprint density at radius 1 is 1.17 bits per heavy atom. The lowest BCUT2D eigenvalue weighted by molar-refractivity contribution is 0.230. The summed E-state index contributed by atoms with van der Waals surface area (Å²) < 4.78 is 15.2. The lowest BCUT2D eigenvalue weighted by atomic mass is 10.1. The molecular weight excluding hydrogens is 371 g/mol. The molecule has 152 valence electrons. The number of nitrogens with one attached hydrogen (secondary N) is 2. The number of likely N-dealkylation sites (N-methyl/N-ethyl adjacent to an activating group) is 1. The van der Waals surface area contributed by atoms with Gasteiger partial charge in [-0.05, 0) is 56.4 Å². The van der Waals surface area contributed by atoms with Crippen molar-refractivity contribution in [3.05, 3.63) is 78.1 Å². The van der Waals surface area contributed by atoms with Gasteiger partial charge < -0.3 is 15.5 Å². The summed E-state index contributed by atoms with van der Waals surface area (Å²) in [6.07, 6.45) is 3.11. The van der Waals surface area contributed by atoms with Crippen molar-refractivity contribution in [3.63, 3.8) is 0 Å². The van der Waals surface area contributed by atoms with Crippen molar-refractivity contribution < 1.29 is 9.18 Å². The van der Waals surface area contributed by atoms with Crippen LogP contribution in [0.15, 0.2) is 61.2 Å². The van der Waals surface area contributed by atoms with Gasteiger partial charge in [-0.2, -0.15) is 5.10 Å². The van der Waals surface area contributed by atoms with Gasteiger partial charge in [0.1, 0.15) is 18.5 Å². The fourth-order valence-electron chi connectivity index (χ4n) is 3.09. The largest absolute Gasteiger partial charge is 0.336 e. The maximum Gasteiger partial charge on any atom is 0.315 e. The standard InChI is InChI=1S/C21H25FN6O/c1-15(16-7-9-19(10-8-16)28-14-23-13-25-28)26-21(29)24-12-20(27(2)3)17-5-4-6-18(22)11-17/h4-11,13-15,20H,12H2,1-3H3,(H2,24,26,29). The van der Waals surface area contributed by atoms with Gasteiger partial charge in [-0.15, -0.1) is 0 Å². The van der Waals surface area contributed by atoms with Crippen molar-refractivity contribution in [1.29, 1.82) is 0 Å². The molecule has 0 saturated carbocycles. The number of hydrogen-bond donors (Lipinski definition) is 2. The van der Waals surface area contributed by atoms with Crippen LogP contribution in [0.1, 0.15) is 30.1 Å². The molecule has 0 fully saturated rings. The van der Waals surface area contributed by atoms with Gasteiger partial charge in [-0.3, -0.25) is 0 Å². The number of nitrogens with zero attached hydrogens (tertiary/aromatic N) is 4. The molecule has 1 aromatic heterocycles. The molecule has 2 atom stereocenters. The van der Waals surface area contributed by atoms with E-state index in [1.54, 1.807) is 17.1 Å². The molecule has 2 aromatic carbocycles. The number of benzene rings is 2. The summed E-state index contributed by atoms with van der Waals surface area (Å²) in [4.78, 5) is 18.2. The second-order valence-corrected chi connectivity index (χ2v) is 7.04. The van der Waals surface area contributed by atoms with Crippen LogP contribution in [-0.2, 0) is 0 Å². The Morgan fingerprint density at radius 2 is 1.93 bits per heavy atom. The summed E-state index contributed by atoms with van der Waals surface area (Å²) in [5.74, 6) is -0.290. The summed E-state index contributed by atoms with van der Waals surface area (Å²) in [5.41, 5.74) is 2.68. The molecule has 2 N–H and O–H groups in total. The maximum absolute atomic E-state index is 13.5. The van der Waals surface area contributed by atoms with Crippen molar-refractivity contribution in [3.8, 4) is 5.69 Å². The summed E-state index contributed by atoms with van der Waals surface area (Å²) in [6.45, 7) is 2.28. The molecular formula is C21H25FN6O. The van der Waals surface area contributed by atoms with Gasteiger partial charge in [0.25, 0.3) is 0 Å². The minimum absolute atomic E-state index is 0.131. The van der Waals surface area contributed by atoms with Crippen LogP contribution in [0.2, 0.25) is 0 Å². The highest BCUT2D eigenvalue weighted by Gasteiger charge is 2.17. The average Bonchev–Trinajstić information content (AvgIpc) is 3.23. The number of halogens is 1. The van der Waals surface area contributed by atoms with E-state index in [0.717, 1.165) is 16.8 Å². The Bertz CT molecular complexity index is 927. The average molecular weight is 396 g/mol. The lowest BCUT2D eigenvalue weighted by Crippen LogP contribution is -2.41.